The third kappa shape index (κ3) is 4.25. The Labute approximate surface area is 184 Å². The molecular weight excluding hydrogens is 406 g/mol. The molecule has 2 heterocycles. The minimum Gasteiger partial charge on any atom is -0.352 e. The molecule has 8 heteroatoms. The molecule has 0 unspecified atom stereocenters. The Balaban J connectivity index is 1.39. The molecule has 0 aliphatic carbocycles. The Morgan fingerprint density at radius 3 is 2.66 bits per heavy atom. The van der Waals surface area contributed by atoms with Gasteiger partial charge >= 0.3 is 11.1 Å². The van der Waals surface area contributed by atoms with Gasteiger partial charge in [0.25, 0.3) is 5.91 Å². The highest BCUT2D eigenvalue weighted by Gasteiger charge is 2.11. The number of benzene rings is 2. The smallest absolute Gasteiger partial charge is 0.316 e. The van der Waals surface area contributed by atoms with E-state index in [-0.39, 0.29) is 5.91 Å². The molecule has 0 fully saturated rings. The Hall–Kier alpha value is -3.94. The first kappa shape index (κ1) is 21.3. The average Bonchev–Trinajstić information content (AvgIpc) is 3.18. The summed E-state index contributed by atoms with van der Waals surface area (Å²) in [4.78, 5) is 39.0. The van der Waals surface area contributed by atoms with Gasteiger partial charge in [-0.2, -0.15) is 5.10 Å². The van der Waals surface area contributed by atoms with E-state index >= 15 is 0 Å². The summed E-state index contributed by atoms with van der Waals surface area (Å²) in [6.45, 7) is 4.67. The average molecular weight is 431 g/mol. The fourth-order valence-corrected chi connectivity index (χ4v) is 3.77. The van der Waals surface area contributed by atoms with E-state index in [4.69, 9.17) is 0 Å². The van der Waals surface area contributed by atoms with Crippen molar-refractivity contribution in [3.63, 3.8) is 0 Å². The van der Waals surface area contributed by atoms with E-state index in [9.17, 15) is 14.4 Å². The number of carbonyl (C=O) groups is 1. The van der Waals surface area contributed by atoms with Crippen LogP contribution in [-0.4, -0.2) is 31.8 Å². The van der Waals surface area contributed by atoms with Crippen molar-refractivity contribution in [2.24, 2.45) is 0 Å². The second-order valence-electron chi connectivity index (χ2n) is 7.61. The summed E-state index contributed by atoms with van der Waals surface area (Å²) in [6.07, 6.45) is 3.60. The monoisotopic (exact) mass is 431 g/mol. The number of hydrogen-bond donors (Lipinski definition) is 2. The highest BCUT2D eigenvalue weighted by atomic mass is 16.2. The molecule has 32 heavy (non-hydrogen) atoms. The lowest BCUT2D eigenvalue weighted by Gasteiger charge is -2.09. The molecule has 0 atom stereocenters. The highest BCUT2D eigenvalue weighted by Crippen LogP contribution is 2.14. The molecule has 0 aliphatic rings. The van der Waals surface area contributed by atoms with Crippen molar-refractivity contribution in [2.75, 3.05) is 6.54 Å². The number of nitrogens with one attached hydrogen (secondary N) is 2. The number of para-hydroxylation sites is 1. The Morgan fingerprint density at radius 2 is 1.91 bits per heavy atom. The van der Waals surface area contributed by atoms with Crippen LogP contribution in [0.25, 0.3) is 16.7 Å². The maximum Gasteiger partial charge on any atom is 0.316 e. The lowest BCUT2D eigenvalue weighted by molar-refractivity contribution is 0.0953. The summed E-state index contributed by atoms with van der Waals surface area (Å²) in [6, 6.07) is 14.9. The zero-order valence-corrected chi connectivity index (χ0v) is 18.1. The van der Waals surface area contributed by atoms with Crippen LogP contribution in [0.4, 0.5) is 0 Å². The van der Waals surface area contributed by atoms with E-state index in [1.165, 1.54) is 4.57 Å². The van der Waals surface area contributed by atoms with Gasteiger partial charge < -0.3 is 14.9 Å². The van der Waals surface area contributed by atoms with Crippen molar-refractivity contribution in [1.82, 2.24) is 24.6 Å². The molecule has 2 aromatic heterocycles. The second-order valence-corrected chi connectivity index (χ2v) is 7.61. The molecule has 0 bridgehead atoms. The van der Waals surface area contributed by atoms with Crippen molar-refractivity contribution in [3.8, 4) is 5.69 Å². The minimum absolute atomic E-state index is 0.223. The number of fused-ring (bicyclic) bond motifs is 1. The zero-order chi connectivity index (χ0) is 22.7. The van der Waals surface area contributed by atoms with E-state index in [0.717, 1.165) is 29.8 Å². The number of amides is 1. The summed E-state index contributed by atoms with van der Waals surface area (Å²) in [5.41, 5.74) is 3.34. The van der Waals surface area contributed by atoms with Gasteiger partial charge in [-0.3, -0.25) is 14.4 Å². The molecule has 4 rings (SSSR count). The first-order valence-corrected chi connectivity index (χ1v) is 10.6. The Kier molecular flexibility index (Phi) is 6.02. The second kappa shape index (κ2) is 9.05. The normalized spacial score (nSPS) is 11.1. The van der Waals surface area contributed by atoms with E-state index < -0.39 is 11.1 Å². The number of aromatic amines is 1. The summed E-state index contributed by atoms with van der Waals surface area (Å²) < 4.78 is 3.27. The molecule has 1 amide bonds. The van der Waals surface area contributed by atoms with Gasteiger partial charge in [0.05, 0.1) is 22.4 Å². The molecule has 2 aromatic carbocycles. The molecule has 0 spiro atoms. The number of aromatic nitrogens is 4. The van der Waals surface area contributed by atoms with Crippen LogP contribution < -0.4 is 16.4 Å². The molecular formula is C24H25N5O3. The highest BCUT2D eigenvalue weighted by molar-refractivity contribution is 5.97. The van der Waals surface area contributed by atoms with Crippen molar-refractivity contribution in [1.29, 1.82) is 0 Å². The van der Waals surface area contributed by atoms with Crippen LogP contribution >= 0.6 is 0 Å². The van der Waals surface area contributed by atoms with Crippen molar-refractivity contribution in [2.45, 2.75) is 33.2 Å². The Bertz CT molecular complexity index is 1380. The first-order valence-electron chi connectivity index (χ1n) is 10.6. The molecule has 8 nitrogen and oxygen atoms in total. The maximum atomic E-state index is 12.6. The van der Waals surface area contributed by atoms with Gasteiger partial charge in [0.1, 0.15) is 0 Å². The molecule has 0 saturated heterocycles. The van der Waals surface area contributed by atoms with Crippen molar-refractivity contribution >= 4 is 16.9 Å². The molecule has 0 aliphatic heterocycles. The fraction of sp³-hybridized carbons (Fsp3) is 0.250. The van der Waals surface area contributed by atoms with Gasteiger partial charge in [0.15, 0.2) is 0 Å². The van der Waals surface area contributed by atoms with Gasteiger partial charge in [0.2, 0.25) is 0 Å². The molecule has 0 radical (unpaired) electrons. The molecule has 0 saturated carbocycles. The standard InChI is InChI=1S/C24H25N5O3/c1-3-28-21-12-11-17(14-20(21)26-23(31)24(28)32)22(30)25-13-7-8-18-15-29(27-16(18)2)19-9-5-4-6-10-19/h4-6,9-12,14-15H,3,7-8,13H2,1-2H3,(H,25,30)(H,26,31). The van der Waals surface area contributed by atoms with Crippen molar-refractivity contribution in [3.05, 3.63) is 92.3 Å². The first-order chi connectivity index (χ1) is 15.5. The summed E-state index contributed by atoms with van der Waals surface area (Å²) >= 11 is 0. The van der Waals surface area contributed by atoms with Gasteiger partial charge in [-0.1, -0.05) is 18.2 Å². The number of nitrogens with zero attached hydrogens (tertiary/aromatic N) is 3. The van der Waals surface area contributed by atoms with Crippen LogP contribution in [0.15, 0.2) is 64.3 Å². The summed E-state index contributed by atoms with van der Waals surface area (Å²) in [5.74, 6) is -0.223. The third-order valence-corrected chi connectivity index (χ3v) is 5.48. The number of carbonyl (C=O) groups excluding carboxylic acids is 1. The van der Waals surface area contributed by atoms with Gasteiger partial charge in [-0.05, 0) is 62.6 Å². The zero-order valence-electron chi connectivity index (χ0n) is 18.1. The summed E-state index contributed by atoms with van der Waals surface area (Å²) in [7, 11) is 0. The van der Waals surface area contributed by atoms with Crippen LogP contribution in [0.5, 0.6) is 0 Å². The molecule has 2 N–H and O–H groups in total. The molecule has 4 aromatic rings. The summed E-state index contributed by atoms with van der Waals surface area (Å²) in [5, 5.41) is 7.49. The van der Waals surface area contributed by atoms with E-state index in [2.05, 4.69) is 15.4 Å². The number of aryl methyl sites for hydroxylation is 3. The SMILES string of the molecule is CCn1c(=O)c(=O)[nH]c2cc(C(=O)NCCCc3cn(-c4ccccc4)nc3C)ccc21. The third-order valence-electron chi connectivity index (χ3n) is 5.48. The van der Waals surface area contributed by atoms with Gasteiger partial charge in [-0.15, -0.1) is 0 Å². The van der Waals surface area contributed by atoms with E-state index in [1.54, 1.807) is 25.1 Å². The number of rotatable bonds is 7. The topological polar surface area (TPSA) is 102 Å². The van der Waals surface area contributed by atoms with Crippen LogP contribution in [0.1, 0.15) is 35.0 Å². The quantitative estimate of drug-likeness (QED) is 0.347. The van der Waals surface area contributed by atoms with E-state index in [0.29, 0.717) is 29.7 Å². The van der Waals surface area contributed by atoms with Crippen LogP contribution in [-0.2, 0) is 13.0 Å². The van der Waals surface area contributed by atoms with Crippen LogP contribution in [0.3, 0.4) is 0 Å². The lowest BCUT2D eigenvalue weighted by atomic mass is 10.1. The molecule has 164 valence electrons. The van der Waals surface area contributed by atoms with Crippen molar-refractivity contribution < 1.29 is 4.79 Å². The number of hydrogen-bond acceptors (Lipinski definition) is 4. The van der Waals surface area contributed by atoms with Gasteiger partial charge in [-0.25, -0.2) is 4.68 Å². The Morgan fingerprint density at radius 1 is 1.12 bits per heavy atom. The largest absolute Gasteiger partial charge is 0.352 e. The fourth-order valence-electron chi connectivity index (χ4n) is 3.77. The predicted octanol–water partition coefficient (Wildman–Crippen LogP) is 2.57. The van der Waals surface area contributed by atoms with E-state index in [1.807, 2.05) is 48.1 Å². The lowest BCUT2D eigenvalue weighted by Crippen LogP contribution is -2.36. The van der Waals surface area contributed by atoms with Crippen LogP contribution in [0.2, 0.25) is 0 Å². The number of H-pyrrole nitrogens is 1. The minimum atomic E-state index is -0.691. The van der Waals surface area contributed by atoms with Crippen LogP contribution in [0, 0.1) is 6.92 Å². The predicted molar refractivity (Wildman–Crippen MR) is 123 cm³/mol. The maximum absolute atomic E-state index is 12.6. The van der Waals surface area contributed by atoms with Gasteiger partial charge in [0, 0.05) is 24.8 Å².